The summed E-state index contributed by atoms with van der Waals surface area (Å²) in [5.74, 6) is -1.45. The van der Waals surface area contributed by atoms with Gasteiger partial charge in [0.2, 0.25) is 5.88 Å². The third-order valence-electron chi connectivity index (χ3n) is 2.01. The number of nitrogens with zero attached hydrogens (tertiary/aromatic N) is 2. The first-order chi connectivity index (χ1) is 7.72. The van der Waals surface area contributed by atoms with Crippen LogP contribution in [0, 0.1) is 6.92 Å². The van der Waals surface area contributed by atoms with Crippen LogP contribution in [0.25, 0.3) is 0 Å². The zero-order valence-corrected chi connectivity index (χ0v) is 9.21. The maximum absolute atomic E-state index is 11.9. The van der Waals surface area contributed by atoms with Gasteiger partial charge in [-0.25, -0.2) is 9.48 Å². The van der Waals surface area contributed by atoms with Crippen molar-refractivity contribution in [2.24, 2.45) is 7.05 Å². The number of rotatable bonds is 4. The summed E-state index contributed by atoms with van der Waals surface area (Å²) in [6.45, 7) is 0.808. The fourth-order valence-corrected chi connectivity index (χ4v) is 1.31. The molecule has 0 saturated heterocycles. The van der Waals surface area contributed by atoms with Crippen molar-refractivity contribution < 1.29 is 27.8 Å². The van der Waals surface area contributed by atoms with Crippen LogP contribution in [0.5, 0.6) is 5.88 Å². The zero-order valence-electron chi connectivity index (χ0n) is 9.21. The molecule has 0 spiro atoms. The highest BCUT2D eigenvalue weighted by atomic mass is 19.4. The van der Waals surface area contributed by atoms with Gasteiger partial charge in [-0.15, -0.1) is 0 Å². The van der Waals surface area contributed by atoms with E-state index in [0.717, 1.165) is 4.68 Å². The van der Waals surface area contributed by atoms with Crippen LogP contribution >= 0.6 is 0 Å². The highest BCUT2D eigenvalue weighted by Crippen LogP contribution is 2.24. The molecule has 1 N–H and O–H groups in total. The number of hydrogen-bond donors (Lipinski definition) is 1. The van der Waals surface area contributed by atoms with Crippen molar-refractivity contribution in [1.82, 2.24) is 9.78 Å². The molecule has 8 heteroatoms. The van der Waals surface area contributed by atoms with Crippen molar-refractivity contribution in [3.63, 3.8) is 0 Å². The summed E-state index contributed by atoms with van der Waals surface area (Å²) in [6, 6.07) is 0. The van der Waals surface area contributed by atoms with Gasteiger partial charge in [-0.05, 0) is 6.92 Å². The monoisotopic (exact) mass is 252 g/mol. The third-order valence-corrected chi connectivity index (χ3v) is 2.01. The Balaban J connectivity index is 2.80. The molecular formula is C9H11F3N2O3. The van der Waals surface area contributed by atoms with Gasteiger partial charge in [0.15, 0.2) is 0 Å². The van der Waals surface area contributed by atoms with E-state index in [1.165, 1.54) is 14.0 Å². The van der Waals surface area contributed by atoms with Crippen LogP contribution in [-0.4, -0.2) is 33.6 Å². The lowest BCUT2D eigenvalue weighted by Gasteiger charge is -2.09. The Bertz CT molecular complexity index is 426. The molecule has 0 bridgehead atoms. The molecule has 0 aromatic carbocycles. The highest BCUT2D eigenvalue weighted by molar-refractivity contribution is 5.91. The van der Waals surface area contributed by atoms with E-state index < -0.39 is 25.2 Å². The van der Waals surface area contributed by atoms with Gasteiger partial charge in [0.05, 0.1) is 18.7 Å². The number of alkyl halides is 3. The van der Waals surface area contributed by atoms with E-state index in [2.05, 4.69) is 5.10 Å². The van der Waals surface area contributed by atoms with Gasteiger partial charge in [0, 0.05) is 7.05 Å². The minimum absolute atomic E-state index is 0.167. The zero-order chi connectivity index (χ0) is 13.2. The molecule has 1 aromatic rings. The van der Waals surface area contributed by atoms with E-state index in [4.69, 9.17) is 9.84 Å². The van der Waals surface area contributed by atoms with Gasteiger partial charge in [-0.2, -0.15) is 18.3 Å². The SMILES string of the molecule is Cc1nn(C)c(OCCC(F)(F)F)c1C(=O)O. The number of aryl methyl sites for hydroxylation is 2. The number of carbonyl (C=O) groups is 1. The highest BCUT2D eigenvalue weighted by Gasteiger charge is 2.28. The van der Waals surface area contributed by atoms with Crippen molar-refractivity contribution in [2.75, 3.05) is 6.61 Å². The number of carboxylic acid groups (broad SMARTS) is 1. The molecule has 0 aliphatic carbocycles. The van der Waals surface area contributed by atoms with E-state index in [-0.39, 0.29) is 17.1 Å². The molecule has 0 amide bonds. The third kappa shape index (κ3) is 3.36. The Morgan fingerprint density at radius 2 is 2.12 bits per heavy atom. The topological polar surface area (TPSA) is 64.4 Å². The molecule has 1 aromatic heterocycles. The van der Waals surface area contributed by atoms with E-state index in [1.54, 1.807) is 0 Å². The van der Waals surface area contributed by atoms with Crippen LogP contribution in [0.1, 0.15) is 22.5 Å². The van der Waals surface area contributed by atoms with Gasteiger partial charge in [-0.1, -0.05) is 0 Å². The average Bonchev–Trinajstić information content (AvgIpc) is 2.39. The van der Waals surface area contributed by atoms with Crippen molar-refractivity contribution in [3.8, 4) is 5.88 Å². The van der Waals surface area contributed by atoms with Gasteiger partial charge in [-0.3, -0.25) is 0 Å². The number of hydrogen-bond acceptors (Lipinski definition) is 3. The summed E-state index contributed by atoms with van der Waals surface area (Å²) in [7, 11) is 1.41. The van der Waals surface area contributed by atoms with Crippen molar-refractivity contribution >= 4 is 5.97 Å². The average molecular weight is 252 g/mol. The van der Waals surface area contributed by atoms with E-state index >= 15 is 0 Å². The molecule has 0 unspecified atom stereocenters. The second-order valence-electron chi connectivity index (χ2n) is 3.41. The minimum atomic E-state index is -4.34. The number of ether oxygens (including phenoxy) is 1. The molecule has 17 heavy (non-hydrogen) atoms. The smallest absolute Gasteiger partial charge is 0.392 e. The Morgan fingerprint density at radius 1 is 1.53 bits per heavy atom. The first-order valence-corrected chi connectivity index (χ1v) is 4.69. The lowest BCUT2D eigenvalue weighted by atomic mass is 10.2. The minimum Gasteiger partial charge on any atom is -0.477 e. The van der Waals surface area contributed by atoms with Gasteiger partial charge in [0.25, 0.3) is 0 Å². The molecule has 0 radical (unpaired) electrons. The van der Waals surface area contributed by atoms with Crippen LogP contribution < -0.4 is 4.74 Å². The predicted molar refractivity (Wildman–Crippen MR) is 51.1 cm³/mol. The fraction of sp³-hybridized carbons (Fsp3) is 0.556. The number of carboxylic acids is 1. The quantitative estimate of drug-likeness (QED) is 0.886. The molecule has 0 saturated carbocycles. The van der Waals surface area contributed by atoms with Crippen molar-refractivity contribution in [1.29, 1.82) is 0 Å². The normalized spacial score (nSPS) is 11.6. The lowest BCUT2D eigenvalue weighted by Crippen LogP contribution is -2.15. The maximum Gasteiger partial charge on any atom is 0.392 e. The number of aromatic nitrogens is 2. The Hall–Kier alpha value is -1.73. The van der Waals surface area contributed by atoms with Gasteiger partial charge < -0.3 is 9.84 Å². The van der Waals surface area contributed by atoms with Crippen molar-refractivity contribution in [2.45, 2.75) is 19.5 Å². The van der Waals surface area contributed by atoms with Crippen LogP contribution in [0.3, 0.4) is 0 Å². The van der Waals surface area contributed by atoms with Crippen LogP contribution in [-0.2, 0) is 7.05 Å². The van der Waals surface area contributed by atoms with Gasteiger partial charge in [0.1, 0.15) is 5.56 Å². The molecule has 1 rings (SSSR count). The summed E-state index contributed by atoms with van der Waals surface area (Å²) < 4.78 is 41.6. The molecule has 0 aliphatic heterocycles. The van der Waals surface area contributed by atoms with Crippen LogP contribution in [0.4, 0.5) is 13.2 Å². The maximum atomic E-state index is 11.9. The summed E-state index contributed by atoms with van der Waals surface area (Å²) in [4.78, 5) is 10.9. The molecule has 0 atom stereocenters. The summed E-state index contributed by atoms with van der Waals surface area (Å²) in [6.07, 6.45) is -5.48. The standard InChI is InChI=1S/C9H11F3N2O3/c1-5-6(8(15)16)7(14(2)13-5)17-4-3-9(10,11)12/h3-4H2,1-2H3,(H,15,16). The van der Waals surface area contributed by atoms with E-state index in [1.807, 2.05) is 0 Å². The molecule has 96 valence electrons. The van der Waals surface area contributed by atoms with Crippen LogP contribution in [0.2, 0.25) is 0 Å². The van der Waals surface area contributed by atoms with Gasteiger partial charge >= 0.3 is 12.1 Å². The lowest BCUT2D eigenvalue weighted by molar-refractivity contribution is -0.139. The Kier molecular flexibility index (Phi) is 3.64. The molecule has 0 aliphatic rings. The van der Waals surface area contributed by atoms with E-state index in [9.17, 15) is 18.0 Å². The first-order valence-electron chi connectivity index (χ1n) is 4.69. The number of aromatic carboxylic acids is 1. The summed E-state index contributed by atoms with van der Waals surface area (Å²) in [5.41, 5.74) is -0.0170. The van der Waals surface area contributed by atoms with Crippen molar-refractivity contribution in [3.05, 3.63) is 11.3 Å². The first kappa shape index (κ1) is 13.3. The molecule has 0 fully saturated rings. The molecule has 5 nitrogen and oxygen atoms in total. The predicted octanol–water partition coefficient (Wildman–Crippen LogP) is 1.76. The summed E-state index contributed by atoms with van der Waals surface area (Å²) in [5, 5.41) is 12.6. The fourth-order valence-electron chi connectivity index (χ4n) is 1.31. The molecular weight excluding hydrogens is 241 g/mol. The van der Waals surface area contributed by atoms with Crippen LogP contribution in [0.15, 0.2) is 0 Å². The largest absolute Gasteiger partial charge is 0.477 e. The molecule has 1 heterocycles. The summed E-state index contributed by atoms with van der Waals surface area (Å²) >= 11 is 0. The second kappa shape index (κ2) is 4.64. The Morgan fingerprint density at radius 3 is 2.59 bits per heavy atom. The number of halogens is 3. The second-order valence-corrected chi connectivity index (χ2v) is 3.41. The van der Waals surface area contributed by atoms with E-state index in [0.29, 0.717) is 0 Å². The Labute approximate surface area is 94.8 Å².